The third kappa shape index (κ3) is 4.34. The molecular formula is C15H20N4OS. The van der Waals surface area contributed by atoms with Gasteiger partial charge in [0, 0.05) is 13.1 Å². The molecule has 1 heterocycles. The van der Waals surface area contributed by atoms with Gasteiger partial charge < -0.3 is 10.2 Å². The molecule has 21 heavy (non-hydrogen) atoms. The fourth-order valence-corrected chi connectivity index (χ4v) is 2.67. The molecule has 0 saturated carbocycles. The molecule has 2 aromatic rings. The quantitative estimate of drug-likeness (QED) is 0.888. The van der Waals surface area contributed by atoms with E-state index in [9.17, 15) is 4.79 Å². The Morgan fingerprint density at radius 1 is 1.24 bits per heavy atom. The summed E-state index contributed by atoms with van der Waals surface area (Å²) in [6.07, 6.45) is 0.721. The van der Waals surface area contributed by atoms with Gasteiger partial charge in [-0.05, 0) is 43.2 Å². The number of nitrogens with zero attached hydrogens (tertiary/aromatic N) is 3. The van der Waals surface area contributed by atoms with Crippen molar-refractivity contribution in [1.82, 2.24) is 19.8 Å². The number of hydrogen-bond donors (Lipinski definition) is 1. The monoisotopic (exact) mass is 304 g/mol. The topological polar surface area (TPSA) is 58.1 Å². The second kappa shape index (κ2) is 7.28. The van der Waals surface area contributed by atoms with Crippen molar-refractivity contribution in [1.29, 1.82) is 0 Å². The summed E-state index contributed by atoms with van der Waals surface area (Å²) in [6, 6.07) is 8.27. The van der Waals surface area contributed by atoms with Crippen molar-refractivity contribution >= 4 is 17.4 Å². The lowest BCUT2D eigenvalue weighted by molar-refractivity contribution is 0.0954. The average Bonchev–Trinajstić information content (AvgIpc) is 2.94. The fraction of sp³-hybridized carbons (Fsp3) is 0.400. The lowest BCUT2D eigenvalue weighted by Crippen LogP contribution is -2.23. The highest BCUT2D eigenvalue weighted by atomic mass is 32.1. The molecule has 0 unspecified atom stereocenters. The van der Waals surface area contributed by atoms with Crippen molar-refractivity contribution in [2.24, 2.45) is 0 Å². The van der Waals surface area contributed by atoms with Crippen LogP contribution in [-0.2, 0) is 19.5 Å². The zero-order chi connectivity index (χ0) is 15.2. The Kier molecular flexibility index (Phi) is 5.41. The van der Waals surface area contributed by atoms with Crippen LogP contribution in [0.4, 0.5) is 0 Å². The van der Waals surface area contributed by atoms with E-state index in [1.54, 1.807) is 0 Å². The van der Waals surface area contributed by atoms with Crippen LogP contribution in [0.5, 0.6) is 0 Å². The van der Waals surface area contributed by atoms with Crippen LogP contribution in [0.15, 0.2) is 24.3 Å². The number of carbonyl (C=O) groups excluding carboxylic acids is 1. The summed E-state index contributed by atoms with van der Waals surface area (Å²) >= 11 is 1.15. The molecule has 1 N–H and O–H groups in total. The van der Waals surface area contributed by atoms with Crippen LogP contribution in [0.3, 0.4) is 0 Å². The number of nitrogens with one attached hydrogen (secondary N) is 1. The molecule has 0 aliphatic heterocycles. The van der Waals surface area contributed by atoms with Gasteiger partial charge in [0.1, 0.15) is 4.88 Å². The third-order valence-electron chi connectivity index (χ3n) is 3.07. The van der Waals surface area contributed by atoms with Crippen LogP contribution in [0, 0.1) is 0 Å². The maximum absolute atomic E-state index is 12.1. The molecule has 2 rings (SSSR count). The molecule has 112 valence electrons. The van der Waals surface area contributed by atoms with Crippen molar-refractivity contribution in [2.75, 3.05) is 14.1 Å². The number of benzene rings is 1. The second-order valence-electron chi connectivity index (χ2n) is 5.14. The van der Waals surface area contributed by atoms with Crippen molar-refractivity contribution in [3.8, 4) is 0 Å². The predicted octanol–water partition coefficient (Wildman–Crippen LogP) is 2.09. The summed E-state index contributed by atoms with van der Waals surface area (Å²) in [7, 11) is 4.09. The Labute approximate surface area is 129 Å². The largest absolute Gasteiger partial charge is 0.347 e. The van der Waals surface area contributed by atoms with Crippen LogP contribution < -0.4 is 5.32 Å². The van der Waals surface area contributed by atoms with Crippen LogP contribution >= 0.6 is 11.5 Å². The van der Waals surface area contributed by atoms with Crippen molar-refractivity contribution in [3.63, 3.8) is 0 Å². The van der Waals surface area contributed by atoms with Crippen LogP contribution in [0.25, 0.3) is 0 Å². The summed E-state index contributed by atoms with van der Waals surface area (Å²) in [6.45, 7) is 3.40. The zero-order valence-corrected chi connectivity index (χ0v) is 13.4. The van der Waals surface area contributed by atoms with Crippen LogP contribution in [0.1, 0.15) is 33.4 Å². The summed E-state index contributed by atoms with van der Waals surface area (Å²) in [4.78, 5) is 14.8. The predicted molar refractivity (Wildman–Crippen MR) is 84.3 cm³/mol. The number of aromatic nitrogens is 2. The molecule has 0 atom stereocenters. The Bertz CT molecular complexity index is 592. The van der Waals surface area contributed by atoms with Gasteiger partial charge in [-0.15, -0.1) is 5.10 Å². The minimum absolute atomic E-state index is 0.0979. The number of amides is 1. The van der Waals surface area contributed by atoms with E-state index in [0.717, 1.165) is 35.8 Å². The molecule has 0 aliphatic carbocycles. The lowest BCUT2D eigenvalue weighted by Gasteiger charge is -2.10. The van der Waals surface area contributed by atoms with Crippen molar-refractivity contribution in [3.05, 3.63) is 46.0 Å². The summed E-state index contributed by atoms with van der Waals surface area (Å²) < 4.78 is 3.83. The summed E-state index contributed by atoms with van der Waals surface area (Å²) in [5.41, 5.74) is 3.11. The summed E-state index contributed by atoms with van der Waals surface area (Å²) in [5, 5.41) is 6.87. The molecule has 6 heteroatoms. The van der Waals surface area contributed by atoms with Gasteiger partial charge in [-0.25, -0.2) is 0 Å². The number of rotatable bonds is 6. The average molecular weight is 304 g/mol. The fourth-order valence-electron chi connectivity index (χ4n) is 2.00. The summed E-state index contributed by atoms with van der Waals surface area (Å²) in [5.74, 6) is -0.0979. The van der Waals surface area contributed by atoms with E-state index in [1.807, 2.05) is 33.2 Å². The first kappa shape index (κ1) is 15.6. The number of hydrogen-bond acceptors (Lipinski definition) is 5. The Balaban J connectivity index is 1.92. The van der Waals surface area contributed by atoms with E-state index in [2.05, 4.69) is 31.9 Å². The van der Waals surface area contributed by atoms with Crippen LogP contribution in [0.2, 0.25) is 0 Å². The number of carbonyl (C=O) groups is 1. The molecule has 5 nitrogen and oxygen atoms in total. The second-order valence-corrected chi connectivity index (χ2v) is 5.89. The normalized spacial score (nSPS) is 10.9. The highest BCUT2D eigenvalue weighted by molar-refractivity contribution is 7.08. The van der Waals surface area contributed by atoms with Gasteiger partial charge in [-0.1, -0.05) is 35.7 Å². The van der Waals surface area contributed by atoms with Crippen molar-refractivity contribution in [2.45, 2.75) is 26.4 Å². The molecule has 0 aliphatic rings. The Hall–Kier alpha value is -1.79. The van der Waals surface area contributed by atoms with E-state index in [-0.39, 0.29) is 5.91 Å². The van der Waals surface area contributed by atoms with Gasteiger partial charge in [0.15, 0.2) is 0 Å². The van der Waals surface area contributed by atoms with E-state index in [0.29, 0.717) is 11.4 Å². The maximum atomic E-state index is 12.1. The highest BCUT2D eigenvalue weighted by Crippen LogP contribution is 2.11. The SMILES string of the molecule is CCc1nnsc1C(=O)NCc1ccc(CN(C)C)cc1. The van der Waals surface area contributed by atoms with Crippen molar-refractivity contribution < 1.29 is 4.79 Å². The Morgan fingerprint density at radius 3 is 2.52 bits per heavy atom. The molecule has 0 radical (unpaired) electrons. The smallest absolute Gasteiger partial charge is 0.265 e. The lowest BCUT2D eigenvalue weighted by atomic mass is 10.1. The van der Waals surface area contributed by atoms with E-state index >= 15 is 0 Å². The van der Waals surface area contributed by atoms with Gasteiger partial charge in [-0.3, -0.25) is 4.79 Å². The first-order valence-corrected chi connectivity index (χ1v) is 7.69. The van der Waals surface area contributed by atoms with Gasteiger partial charge in [-0.2, -0.15) is 0 Å². The zero-order valence-electron chi connectivity index (χ0n) is 12.6. The van der Waals surface area contributed by atoms with Crippen LogP contribution in [-0.4, -0.2) is 34.5 Å². The van der Waals surface area contributed by atoms with Gasteiger partial charge in [0.25, 0.3) is 5.91 Å². The van der Waals surface area contributed by atoms with E-state index in [4.69, 9.17) is 0 Å². The molecule has 0 spiro atoms. The number of aryl methyl sites for hydroxylation is 1. The minimum atomic E-state index is -0.0979. The highest BCUT2D eigenvalue weighted by Gasteiger charge is 2.14. The van der Waals surface area contributed by atoms with Gasteiger partial charge in [0.05, 0.1) is 5.69 Å². The molecule has 0 bridgehead atoms. The minimum Gasteiger partial charge on any atom is -0.347 e. The molecule has 1 aromatic carbocycles. The molecule has 1 aromatic heterocycles. The molecule has 0 fully saturated rings. The van der Waals surface area contributed by atoms with Gasteiger partial charge in [0.2, 0.25) is 0 Å². The van der Waals surface area contributed by atoms with Gasteiger partial charge >= 0.3 is 0 Å². The van der Waals surface area contributed by atoms with E-state index < -0.39 is 0 Å². The first-order valence-electron chi connectivity index (χ1n) is 6.92. The molecular weight excluding hydrogens is 284 g/mol. The first-order chi connectivity index (χ1) is 10.1. The Morgan fingerprint density at radius 2 is 1.90 bits per heavy atom. The maximum Gasteiger partial charge on any atom is 0.265 e. The molecule has 1 amide bonds. The molecule has 0 saturated heterocycles. The van der Waals surface area contributed by atoms with E-state index in [1.165, 1.54) is 5.56 Å². The standard InChI is InChI=1S/C15H20N4OS/c1-4-13-14(21-18-17-13)15(20)16-9-11-5-7-12(8-6-11)10-19(2)3/h5-8H,4,9-10H2,1-3H3,(H,16,20). The third-order valence-corrected chi connectivity index (χ3v) is 3.84.